The van der Waals surface area contributed by atoms with Gasteiger partial charge in [-0.1, -0.05) is 0 Å². The molecule has 0 radical (unpaired) electrons. The number of aromatic nitrogens is 2. The molecule has 1 aliphatic carbocycles. The Hall–Kier alpha value is -1.36. The fourth-order valence-corrected chi connectivity index (χ4v) is 2.42. The molecule has 1 aromatic rings. The summed E-state index contributed by atoms with van der Waals surface area (Å²) in [7, 11) is 1.61. The maximum absolute atomic E-state index is 5.69. The van der Waals surface area contributed by atoms with Gasteiger partial charge in [0, 0.05) is 6.54 Å². The van der Waals surface area contributed by atoms with E-state index in [9.17, 15) is 0 Å². The lowest BCUT2D eigenvalue weighted by Gasteiger charge is -2.27. The lowest BCUT2D eigenvalue weighted by molar-refractivity contribution is 0.289. The summed E-state index contributed by atoms with van der Waals surface area (Å²) in [4.78, 5) is 8.40. The Morgan fingerprint density at radius 3 is 2.39 bits per heavy atom. The molecule has 0 bridgehead atoms. The first-order valence-corrected chi connectivity index (χ1v) is 6.61. The van der Waals surface area contributed by atoms with Crippen LogP contribution in [0.15, 0.2) is 12.4 Å². The molecule has 1 heterocycles. The first kappa shape index (κ1) is 13.1. The van der Waals surface area contributed by atoms with E-state index >= 15 is 0 Å². The van der Waals surface area contributed by atoms with E-state index in [-0.39, 0.29) is 0 Å². The van der Waals surface area contributed by atoms with Crippen molar-refractivity contribution in [2.75, 3.05) is 25.5 Å². The highest BCUT2D eigenvalue weighted by Crippen LogP contribution is 2.28. The molecule has 1 fully saturated rings. The van der Waals surface area contributed by atoms with Crippen LogP contribution in [0.25, 0.3) is 0 Å². The molecule has 5 heteroatoms. The normalized spacial score (nSPS) is 23.7. The molecule has 0 aromatic carbocycles. The van der Waals surface area contributed by atoms with Gasteiger partial charge >= 0.3 is 0 Å². The van der Waals surface area contributed by atoms with Crippen LogP contribution < -0.4 is 15.8 Å². The minimum Gasteiger partial charge on any atom is -0.494 e. The summed E-state index contributed by atoms with van der Waals surface area (Å²) in [6.07, 6.45) is 8.38. The van der Waals surface area contributed by atoms with Crippen molar-refractivity contribution >= 4 is 5.95 Å². The Morgan fingerprint density at radius 2 is 1.83 bits per heavy atom. The third kappa shape index (κ3) is 3.57. The number of nitrogens with one attached hydrogen (secondary N) is 1. The SMILES string of the molecule is COc1cnc(NCC2CCC(CN)CC2)nc1. The van der Waals surface area contributed by atoms with E-state index in [2.05, 4.69) is 15.3 Å². The average molecular weight is 250 g/mol. The van der Waals surface area contributed by atoms with Crippen LogP contribution in [0.4, 0.5) is 5.95 Å². The van der Waals surface area contributed by atoms with Crippen LogP contribution in [0.3, 0.4) is 0 Å². The number of ether oxygens (including phenoxy) is 1. The Kier molecular flexibility index (Phi) is 4.75. The molecular weight excluding hydrogens is 228 g/mol. The number of nitrogens with zero attached hydrogens (tertiary/aromatic N) is 2. The number of rotatable bonds is 5. The van der Waals surface area contributed by atoms with Gasteiger partial charge in [-0.25, -0.2) is 9.97 Å². The van der Waals surface area contributed by atoms with E-state index in [1.54, 1.807) is 19.5 Å². The van der Waals surface area contributed by atoms with Crippen molar-refractivity contribution in [1.29, 1.82) is 0 Å². The van der Waals surface area contributed by atoms with E-state index in [0.717, 1.165) is 24.9 Å². The third-order valence-corrected chi connectivity index (χ3v) is 3.71. The van der Waals surface area contributed by atoms with E-state index in [0.29, 0.717) is 11.7 Å². The van der Waals surface area contributed by atoms with Gasteiger partial charge in [-0.2, -0.15) is 0 Å². The van der Waals surface area contributed by atoms with Gasteiger partial charge < -0.3 is 15.8 Å². The predicted molar refractivity (Wildman–Crippen MR) is 71.6 cm³/mol. The van der Waals surface area contributed by atoms with Crippen LogP contribution in [0.2, 0.25) is 0 Å². The second kappa shape index (κ2) is 6.54. The summed E-state index contributed by atoms with van der Waals surface area (Å²) in [5.41, 5.74) is 5.69. The summed E-state index contributed by atoms with van der Waals surface area (Å²) in [6, 6.07) is 0. The van der Waals surface area contributed by atoms with Crippen LogP contribution in [-0.4, -0.2) is 30.2 Å². The fourth-order valence-electron chi connectivity index (χ4n) is 2.42. The largest absolute Gasteiger partial charge is 0.494 e. The molecule has 0 amide bonds. The monoisotopic (exact) mass is 250 g/mol. The molecule has 18 heavy (non-hydrogen) atoms. The van der Waals surface area contributed by atoms with Crippen molar-refractivity contribution in [3.63, 3.8) is 0 Å². The number of nitrogens with two attached hydrogens (primary N) is 1. The topological polar surface area (TPSA) is 73.1 Å². The van der Waals surface area contributed by atoms with Gasteiger partial charge in [0.15, 0.2) is 5.75 Å². The third-order valence-electron chi connectivity index (χ3n) is 3.71. The molecule has 3 N–H and O–H groups in total. The maximum atomic E-state index is 5.69. The number of hydrogen-bond donors (Lipinski definition) is 2. The standard InChI is InChI=1S/C13H22N4O/c1-18-12-8-16-13(17-9-12)15-7-11-4-2-10(6-14)3-5-11/h8-11H,2-7,14H2,1H3,(H,15,16,17). The number of methoxy groups -OCH3 is 1. The van der Waals surface area contributed by atoms with Gasteiger partial charge in [-0.3, -0.25) is 0 Å². The molecule has 1 aromatic heterocycles. The zero-order valence-corrected chi connectivity index (χ0v) is 10.9. The lowest BCUT2D eigenvalue weighted by atomic mass is 9.82. The summed E-state index contributed by atoms with van der Waals surface area (Å²) in [6.45, 7) is 1.78. The molecule has 100 valence electrons. The number of anilines is 1. The highest BCUT2D eigenvalue weighted by Gasteiger charge is 2.19. The predicted octanol–water partition coefficient (Wildman–Crippen LogP) is 1.66. The molecule has 0 aliphatic heterocycles. The van der Waals surface area contributed by atoms with Gasteiger partial charge in [0.25, 0.3) is 0 Å². The van der Waals surface area contributed by atoms with Gasteiger partial charge in [0.05, 0.1) is 19.5 Å². The molecule has 0 saturated heterocycles. The molecule has 1 saturated carbocycles. The second-order valence-electron chi connectivity index (χ2n) is 4.95. The summed E-state index contributed by atoms with van der Waals surface area (Å²) in [5, 5.41) is 3.29. The lowest BCUT2D eigenvalue weighted by Crippen LogP contribution is -2.25. The molecule has 1 aliphatic rings. The van der Waals surface area contributed by atoms with Crippen LogP contribution in [0, 0.1) is 11.8 Å². The fraction of sp³-hybridized carbons (Fsp3) is 0.692. The Balaban J connectivity index is 1.74. The van der Waals surface area contributed by atoms with Crippen molar-refractivity contribution in [3.05, 3.63) is 12.4 Å². The summed E-state index contributed by atoms with van der Waals surface area (Å²) in [5.74, 6) is 2.82. The Bertz CT molecular complexity index is 347. The first-order chi connectivity index (χ1) is 8.81. The van der Waals surface area contributed by atoms with Crippen molar-refractivity contribution in [2.45, 2.75) is 25.7 Å². The van der Waals surface area contributed by atoms with Crippen molar-refractivity contribution in [2.24, 2.45) is 17.6 Å². The van der Waals surface area contributed by atoms with E-state index in [4.69, 9.17) is 10.5 Å². The van der Waals surface area contributed by atoms with Crippen molar-refractivity contribution in [1.82, 2.24) is 9.97 Å². The van der Waals surface area contributed by atoms with E-state index in [1.165, 1.54) is 25.7 Å². The molecule has 0 spiro atoms. The van der Waals surface area contributed by atoms with E-state index < -0.39 is 0 Å². The van der Waals surface area contributed by atoms with Crippen LogP contribution >= 0.6 is 0 Å². The molecule has 5 nitrogen and oxygen atoms in total. The van der Waals surface area contributed by atoms with Gasteiger partial charge in [-0.15, -0.1) is 0 Å². The van der Waals surface area contributed by atoms with Gasteiger partial charge in [-0.05, 0) is 44.1 Å². The van der Waals surface area contributed by atoms with E-state index in [1.807, 2.05) is 0 Å². The minimum atomic E-state index is 0.678. The quantitative estimate of drug-likeness (QED) is 0.831. The van der Waals surface area contributed by atoms with Crippen molar-refractivity contribution in [3.8, 4) is 5.75 Å². The summed E-state index contributed by atoms with van der Waals surface area (Å²) >= 11 is 0. The molecule has 2 rings (SSSR count). The molecular formula is C13H22N4O. The maximum Gasteiger partial charge on any atom is 0.222 e. The Morgan fingerprint density at radius 1 is 1.22 bits per heavy atom. The summed E-state index contributed by atoms with van der Waals surface area (Å²) < 4.78 is 5.02. The number of hydrogen-bond acceptors (Lipinski definition) is 5. The minimum absolute atomic E-state index is 0.678. The zero-order valence-electron chi connectivity index (χ0n) is 10.9. The zero-order chi connectivity index (χ0) is 12.8. The van der Waals surface area contributed by atoms with Crippen LogP contribution in [-0.2, 0) is 0 Å². The highest BCUT2D eigenvalue weighted by atomic mass is 16.5. The van der Waals surface area contributed by atoms with Crippen LogP contribution in [0.5, 0.6) is 5.75 Å². The molecule has 0 unspecified atom stereocenters. The highest BCUT2D eigenvalue weighted by molar-refractivity contribution is 5.26. The van der Waals surface area contributed by atoms with Crippen molar-refractivity contribution < 1.29 is 4.74 Å². The van der Waals surface area contributed by atoms with Gasteiger partial charge in [0.2, 0.25) is 5.95 Å². The van der Waals surface area contributed by atoms with Crippen LogP contribution in [0.1, 0.15) is 25.7 Å². The second-order valence-corrected chi connectivity index (χ2v) is 4.95. The Labute approximate surface area is 108 Å². The molecule has 0 atom stereocenters. The average Bonchev–Trinajstić information content (AvgIpc) is 2.46. The van der Waals surface area contributed by atoms with Gasteiger partial charge in [0.1, 0.15) is 0 Å². The first-order valence-electron chi connectivity index (χ1n) is 6.61. The smallest absolute Gasteiger partial charge is 0.222 e.